The standard InChI is InChI=1S/C81H164N4O12Si/c1-7-11-15-19-23-27-31-35-39-43-47-51-55-59-64-85(5,6)65-60-66-98(95-73-79(67-86,68-87)82-76(92)61-56-52-48-44-40-36-32-28-24-20-16-12-8-2,96-74-80(69-88,70-89)83-77(93)62-57-53-49-45-41-37-33-29-25-21-17-13-9-3)97-75-81(71-90,72-91)84-78(94)63-58-54-50-46-42-38-34-30-26-22-18-14-10-4/h86-91H,7-75H2,1-6H3,(H2-,82,83,84,92,93,94)/p+1. The van der Waals surface area contributed by atoms with E-state index in [2.05, 4.69) is 57.7 Å². The number of nitrogens with one attached hydrogen (secondary N) is 3. The topological polar surface area (TPSA) is 236 Å². The van der Waals surface area contributed by atoms with Crippen LogP contribution >= 0.6 is 0 Å². The second-order valence-electron chi connectivity index (χ2n) is 31.0. The van der Waals surface area contributed by atoms with E-state index in [-0.39, 0.29) is 43.0 Å². The summed E-state index contributed by atoms with van der Waals surface area (Å²) in [4.78, 5) is 41.4. The first-order valence-corrected chi connectivity index (χ1v) is 43.9. The van der Waals surface area contributed by atoms with Crippen LogP contribution in [0.3, 0.4) is 0 Å². The van der Waals surface area contributed by atoms with Crippen LogP contribution in [0, 0.1) is 0 Å². The summed E-state index contributed by atoms with van der Waals surface area (Å²) in [6, 6.07) is 0.118. The fourth-order valence-corrected chi connectivity index (χ4v) is 16.2. The Balaban J connectivity index is 6.67. The van der Waals surface area contributed by atoms with Crippen molar-refractivity contribution in [2.75, 3.05) is 86.6 Å². The molecule has 17 heteroatoms. The van der Waals surface area contributed by atoms with Crippen LogP contribution in [0.25, 0.3) is 0 Å². The Morgan fingerprint density at radius 3 is 0.643 bits per heavy atom. The molecule has 0 spiro atoms. The average Bonchev–Trinajstić information content (AvgIpc) is 1.63. The quantitative estimate of drug-likeness (QED) is 0.0157. The molecule has 0 heterocycles. The summed E-state index contributed by atoms with van der Waals surface area (Å²) in [5.41, 5.74) is -5.08. The van der Waals surface area contributed by atoms with E-state index in [1.807, 2.05) is 0 Å². The molecule has 0 aliphatic carbocycles. The van der Waals surface area contributed by atoms with Crippen LogP contribution in [0.4, 0.5) is 0 Å². The predicted octanol–water partition coefficient (Wildman–Crippen LogP) is 17.9. The molecule has 0 aliphatic rings. The minimum Gasteiger partial charge on any atom is -0.394 e. The third kappa shape index (κ3) is 54.8. The zero-order valence-electron chi connectivity index (χ0n) is 65.4. The van der Waals surface area contributed by atoms with Crippen molar-refractivity contribution in [2.45, 2.75) is 416 Å². The largest absolute Gasteiger partial charge is 0.501 e. The summed E-state index contributed by atoms with van der Waals surface area (Å²) in [5.74, 6) is -1.06. The van der Waals surface area contributed by atoms with Gasteiger partial charge in [-0.2, -0.15) is 0 Å². The Hall–Kier alpha value is -1.77. The van der Waals surface area contributed by atoms with Crippen LogP contribution in [-0.4, -0.2) is 165 Å². The highest BCUT2D eigenvalue weighted by Gasteiger charge is 2.49. The number of hydrogen-bond acceptors (Lipinski definition) is 12. The molecule has 3 amide bonds. The number of carbonyl (C=O) groups excluding carboxylic acids is 3. The van der Waals surface area contributed by atoms with Crippen molar-refractivity contribution in [3.8, 4) is 0 Å². The number of rotatable bonds is 79. The predicted molar refractivity (Wildman–Crippen MR) is 411 cm³/mol. The number of quaternary nitrogens is 1. The maximum Gasteiger partial charge on any atom is 0.501 e. The molecular formula is C81H165N4O12Si+. The third-order valence-corrected chi connectivity index (χ3v) is 23.3. The zero-order valence-corrected chi connectivity index (χ0v) is 66.4. The van der Waals surface area contributed by atoms with Crippen molar-refractivity contribution >= 4 is 26.5 Å². The van der Waals surface area contributed by atoms with Crippen molar-refractivity contribution in [1.82, 2.24) is 16.0 Å². The van der Waals surface area contributed by atoms with E-state index in [1.165, 1.54) is 250 Å². The number of hydrogen-bond donors (Lipinski definition) is 9. The number of aliphatic hydroxyl groups excluding tert-OH is 6. The van der Waals surface area contributed by atoms with E-state index in [4.69, 9.17) is 13.3 Å². The zero-order chi connectivity index (χ0) is 72.3. The van der Waals surface area contributed by atoms with Crippen LogP contribution < -0.4 is 16.0 Å². The first-order chi connectivity index (χ1) is 47.6. The van der Waals surface area contributed by atoms with E-state index in [9.17, 15) is 45.0 Å². The SMILES string of the molecule is CCCCCCCCCCCCCCCC[N+](C)(C)CCC[Si](OCC(CO)(CO)NC(=O)CCCCCCCCCCCCCCC)(OCC(CO)(CO)NC(=O)CCCCCCCCCCCCCCC)OCC(CO)(CO)NC(=O)CCCCCCCCCCCCCCC. The lowest BCUT2D eigenvalue weighted by molar-refractivity contribution is -0.890. The molecule has 0 aliphatic heterocycles. The van der Waals surface area contributed by atoms with Crippen molar-refractivity contribution in [2.24, 2.45) is 0 Å². The molecular weight excluding hydrogens is 1250 g/mol. The normalized spacial score (nSPS) is 12.5. The van der Waals surface area contributed by atoms with Crippen LogP contribution in [-0.2, 0) is 27.7 Å². The summed E-state index contributed by atoms with van der Waals surface area (Å²) < 4.78 is 21.3. The van der Waals surface area contributed by atoms with Crippen molar-refractivity contribution < 1.29 is 62.8 Å². The summed E-state index contributed by atoms with van der Waals surface area (Å²) in [7, 11) is 0.0157. The number of amides is 3. The molecule has 0 saturated carbocycles. The molecule has 584 valence electrons. The van der Waals surface area contributed by atoms with E-state index in [0.29, 0.717) is 36.7 Å². The molecule has 98 heavy (non-hydrogen) atoms. The van der Waals surface area contributed by atoms with Gasteiger partial charge in [0.1, 0.15) is 16.6 Å². The van der Waals surface area contributed by atoms with Gasteiger partial charge in [0.25, 0.3) is 0 Å². The minimum absolute atomic E-state index is 0.118. The molecule has 16 nitrogen and oxygen atoms in total. The van der Waals surface area contributed by atoms with Crippen LogP contribution in [0.15, 0.2) is 0 Å². The first kappa shape index (κ1) is 96.2. The van der Waals surface area contributed by atoms with Crippen molar-refractivity contribution in [3.63, 3.8) is 0 Å². The van der Waals surface area contributed by atoms with Crippen molar-refractivity contribution in [1.29, 1.82) is 0 Å². The highest BCUT2D eigenvalue weighted by Crippen LogP contribution is 2.27. The van der Waals surface area contributed by atoms with Gasteiger partial charge in [0, 0.05) is 31.7 Å². The molecule has 0 aromatic heterocycles. The molecule has 0 aromatic carbocycles. The highest BCUT2D eigenvalue weighted by atomic mass is 28.4. The Bertz CT molecular complexity index is 1600. The van der Waals surface area contributed by atoms with E-state index in [1.54, 1.807) is 0 Å². The summed E-state index contributed by atoms with van der Waals surface area (Å²) in [6.45, 7) is 5.01. The molecule has 0 aromatic rings. The summed E-state index contributed by atoms with van der Waals surface area (Å²) in [6.07, 6.45) is 64.3. The Kier molecular flexibility index (Phi) is 65.9. The molecule has 0 bridgehead atoms. The number of unbranched alkanes of at least 4 members (excludes halogenated alkanes) is 49. The maximum atomic E-state index is 13.8. The first-order valence-electron chi connectivity index (χ1n) is 41.9. The van der Waals surface area contributed by atoms with Gasteiger partial charge < -0.3 is 64.4 Å². The van der Waals surface area contributed by atoms with Crippen LogP contribution in [0.5, 0.6) is 0 Å². The molecule has 0 fully saturated rings. The van der Waals surface area contributed by atoms with Gasteiger partial charge in [-0.25, -0.2) is 0 Å². The number of carbonyl (C=O) groups is 3. The van der Waals surface area contributed by atoms with Gasteiger partial charge in [-0.3, -0.25) is 14.4 Å². The number of aliphatic hydroxyl groups is 6. The monoisotopic (exact) mass is 1410 g/mol. The smallest absolute Gasteiger partial charge is 0.394 e. The summed E-state index contributed by atoms with van der Waals surface area (Å²) in [5, 5.41) is 75.4. The number of nitrogens with zero attached hydrogens (tertiary/aromatic N) is 1. The summed E-state index contributed by atoms with van der Waals surface area (Å²) >= 11 is 0. The van der Waals surface area contributed by atoms with Gasteiger partial charge in [-0.1, -0.05) is 336 Å². The third-order valence-electron chi connectivity index (χ3n) is 20.6. The van der Waals surface area contributed by atoms with Gasteiger partial charge in [0.2, 0.25) is 17.7 Å². The molecule has 0 radical (unpaired) electrons. The molecule has 0 atom stereocenters. The minimum atomic E-state index is -4.36. The Morgan fingerprint density at radius 2 is 0.449 bits per heavy atom. The lowest BCUT2D eigenvalue weighted by atomic mass is 10.0. The molecule has 0 unspecified atom stereocenters. The lowest BCUT2D eigenvalue weighted by Gasteiger charge is -2.41. The second-order valence-corrected chi connectivity index (χ2v) is 33.8. The van der Waals surface area contributed by atoms with Gasteiger partial charge in [-0.05, 0) is 32.1 Å². The average molecular weight is 1420 g/mol. The van der Waals surface area contributed by atoms with E-state index < -0.39 is 84.9 Å². The highest BCUT2D eigenvalue weighted by molar-refractivity contribution is 6.60. The van der Waals surface area contributed by atoms with Crippen LogP contribution in [0.1, 0.15) is 394 Å². The second kappa shape index (κ2) is 67.1. The Morgan fingerprint density at radius 1 is 0.276 bits per heavy atom. The Labute approximate surface area is 605 Å². The lowest BCUT2D eigenvalue weighted by Crippen LogP contribution is -2.64. The van der Waals surface area contributed by atoms with Gasteiger partial charge in [0.15, 0.2) is 0 Å². The maximum absolute atomic E-state index is 13.8. The molecule has 9 N–H and O–H groups in total. The van der Waals surface area contributed by atoms with Crippen molar-refractivity contribution in [3.05, 3.63) is 0 Å². The van der Waals surface area contributed by atoms with E-state index in [0.717, 1.165) is 77.2 Å². The van der Waals surface area contributed by atoms with Gasteiger partial charge in [0.05, 0.1) is 86.6 Å². The van der Waals surface area contributed by atoms with E-state index >= 15 is 0 Å². The van der Waals surface area contributed by atoms with Gasteiger partial charge >= 0.3 is 8.80 Å². The fourth-order valence-electron chi connectivity index (χ4n) is 13.4. The molecule has 0 rings (SSSR count). The van der Waals surface area contributed by atoms with Crippen LogP contribution in [0.2, 0.25) is 6.04 Å². The van der Waals surface area contributed by atoms with Gasteiger partial charge in [-0.15, -0.1) is 0 Å². The molecule has 0 saturated heterocycles. The fraction of sp³-hybridized carbons (Fsp3) is 0.963.